The second-order valence-corrected chi connectivity index (χ2v) is 7.87. The van der Waals surface area contributed by atoms with E-state index in [0.29, 0.717) is 11.6 Å². The summed E-state index contributed by atoms with van der Waals surface area (Å²) in [6.45, 7) is 6.54. The summed E-state index contributed by atoms with van der Waals surface area (Å²) in [6, 6.07) is 10.5. The maximum Gasteiger partial charge on any atom is 0.271 e. The van der Waals surface area contributed by atoms with Crippen molar-refractivity contribution in [1.29, 1.82) is 0 Å². The molecule has 0 spiro atoms. The number of piperidine rings is 1. The zero-order valence-electron chi connectivity index (χ0n) is 17.4. The van der Waals surface area contributed by atoms with E-state index < -0.39 is 0 Å². The summed E-state index contributed by atoms with van der Waals surface area (Å²) in [5.74, 6) is 2.27. The lowest BCUT2D eigenvalue weighted by molar-refractivity contribution is -0.125. The number of carbonyl (C=O) groups is 1. The van der Waals surface area contributed by atoms with Gasteiger partial charge in [-0.05, 0) is 55.5 Å². The summed E-state index contributed by atoms with van der Waals surface area (Å²) in [6.07, 6.45) is 2.58. The zero-order chi connectivity index (χ0) is 20.8. The second-order valence-electron chi connectivity index (χ2n) is 7.87. The van der Waals surface area contributed by atoms with Crippen molar-refractivity contribution in [3.63, 3.8) is 0 Å². The van der Waals surface area contributed by atoms with E-state index in [2.05, 4.69) is 29.2 Å². The maximum absolute atomic E-state index is 12.4. The Morgan fingerprint density at radius 1 is 1.17 bits per heavy atom. The van der Waals surface area contributed by atoms with Crippen molar-refractivity contribution in [3.05, 3.63) is 46.8 Å². The average molecular weight is 399 g/mol. The number of hydrogen-bond donors (Lipinski definition) is 1. The van der Waals surface area contributed by atoms with Crippen LogP contribution in [0.5, 0.6) is 5.75 Å². The molecule has 0 bridgehead atoms. The molecule has 29 heavy (non-hydrogen) atoms. The van der Waals surface area contributed by atoms with Gasteiger partial charge in [0.15, 0.2) is 0 Å². The molecule has 0 saturated carbocycles. The summed E-state index contributed by atoms with van der Waals surface area (Å²) in [5.41, 5.74) is 0.510. The first-order valence-corrected chi connectivity index (χ1v) is 10.3. The van der Waals surface area contributed by atoms with Crippen molar-refractivity contribution < 1.29 is 9.53 Å². The number of ether oxygens (including phenoxy) is 1. The number of methoxy groups -OCH3 is 1. The minimum Gasteiger partial charge on any atom is -0.497 e. The van der Waals surface area contributed by atoms with Gasteiger partial charge in [0.05, 0.1) is 12.8 Å². The van der Waals surface area contributed by atoms with E-state index in [9.17, 15) is 9.59 Å². The summed E-state index contributed by atoms with van der Waals surface area (Å²) in [5, 5.41) is 7.61. The van der Waals surface area contributed by atoms with Gasteiger partial charge in [0.2, 0.25) is 5.91 Å². The highest BCUT2D eigenvalue weighted by molar-refractivity contribution is 5.78. The number of hydrogen-bond acceptors (Lipinski definition) is 5. The molecule has 0 atom stereocenters. The molecule has 1 aliphatic heterocycles. The van der Waals surface area contributed by atoms with Crippen molar-refractivity contribution in [2.45, 2.75) is 33.1 Å². The topological polar surface area (TPSA) is 76.5 Å². The molecule has 1 N–H and O–H groups in total. The van der Waals surface area contributed by atoms with E-state index in [4.69, 9.17) is 4.74 Å². The molecule has 3 rings (SSSR count). The number of anilines is 1. The Labute approximate surface area is 171 Å². The zero-order valence-corrected chi connectivity index (χ0v) is 17.4. The van der Waals surface area contributed by atoms with Crippen LogP contribution in [0.3, 0.4) is 0 Å². The molecule has 0 aliphatic carbocycles. The van der Waals surface area contributed by atoms with Crippen LogP contribution < -0.4 is 20.5 Å². The van der Waals surface area contributed by atoms with Crippen LogP contribution in [0.2, 0.25) is 0 Å². The number of aromatic nitrogens is 2. The molecule has 0 unspecified atom stereocenters. The quantitative estimate of drug-likeness (QED) is 0.776. The van der Waals surface area contributed by atoms with Gasteiger partial charge in [-0.25, -0.2) is 0 Å². The molecule has 2 heterocycles. The SMILES string of the molecule is COc1ccc(-n2nc(N3CCC(C(=O)NCCC(C)C)CC3)ccc2=O)cc1. The van der Waals surface area contributed by atoms with Crippen LogP contribution in [0.15, 0.2) is 41.2 Å². The third kappa shape index (κ3) is 5.37. The number of nitrogens with one attached hydrogen (secondary N) is 1. The van der Waals surface area contributed by atoms with Gasteiger partial charge in [0, 0.05) is 31.6 Å². The molecule has 1 aromatic heterocycles. The van der Waals surface area contributed by atoms with Crippen LogP contribution in [0, 0.1) is 11.8 Å². The van der Waals surface area contributed by atoms with Gasteiger partial charge in [0.1, 0.15) is 11.6 Å². The summed E-state index contributed by atoms with van der Waals surface area (Å²) < 4.78 is 6.57. The van der Waals surface area contributed by atoms with Crippen LogP contribution in [0.1, 0.15) is 33.1 Å². The van der Waals surface area contributed by atoms with Gasteiger partial charge >= 0.3 is 0 Å². The maximum atomic E-state index is 12.4. The molecule has 0 radical (unpaired) electrons. The standard InChI is InChI=1S/C22H30N4O3/c1-16(2)10-13-23-22(28)17-11-14-25(15-12-17)20-8-9-21(27)26(24-20)18-4-6-19(29-3)7-5-18/h4-9,16-17H,10-15H2,1-3H3,(H,23,28). The molecular weight excluding hydrogens is 368 g/mol. The van der Waals surface area contributed by atoms with Crippen molar-refractivity contribution in [1.82, 2.24) is 15.1 Å². The van der Waals surface area contributed by atoms with Gasteiger partial charge in [-0.1, -0.05) is 13.8 Å². The summed E-state index contributed by atoms with van der Waals surface area (Å²) >= 11 is 0. The van der Waals surface area contributed by atoms with Gasteiger partial charge < -0.3 is 15.0 Å². The fourth-order valence-corrected chi connectivity index (χ4v) is 3.48. The number of carbonyl (C=O) groups excluding carboxylic acids is 1. The minimum absolute atomic E-state index is 0.0471. The Balaban J connectivity index is 1.63. The van der Waals surface area contributed by atoms with Crippen LogP contribution in [0.25, 0.3) is 5.69 Å². The molecule has 1 aromatic carbocycles. The van der Waals surface area contributed by atoms with Crippen LogP contribution in [-0.4, -0.2) is 42.4 Å². The van der Waals surface area contributed by atoms with E-state index in [1.807, 2.05) is 12.1 Å². The Morgan fingerprint density at radius 3 is 2.48 bits per heavy atom. The number of rotatable bonds is 7. The number of benzene rings is 1. The van der Waals surface area contributed by atoms with E-state index in [-0.39, 0.29) is 17.4 Å². The van der Waals surface area contributed by atoms with E-state index >= 15 is 0 Å². The summed E-state index contributed by atoms with van der Waals surface area (Å²) in [4.78, 5) is 26.8. The van der Waals surface area contributed by atoms with E-state index in [0.717, 1.165) is 50.5 Å². The lowest BCUT2D eigenvalue weighted by atomic mass is 9.96. The third-order valence-corrected chi connectivity index (χ3v) is 5.31. The molecule has 1 aliphatic rings. The highest BCUT2D eigenvalue weighted by Crippen LogP contribution is 2.22. The Morgan fingerprint density at radius 2 is 1.86 bits per heavy atom. The van der Waals surface area contributed by atoms with Crippen molar-refractivity contribution in [2.24, 2.45) is 11.8 Å². The van der Waals surface area contributed by atoms with Crippen molar-refractivity contribution in [2.75, 3.05) is 31.6 Å². The Hall–Kier alpha value is -2.83. The monoisotopic (exact) mass is 398 g/mol. The highest BCUT2D eigenvalue weighted by atomic mass is 16.5. The average Bonchev–Trinajstić information content (AvgIpc) is 2.74. The van der Waals surface area contributed by atoms with Gasteiger partial charge in [-0.15, -0.1) is 5.10 Å². The smallest absolute Gasteiger partial charge is 0.271 e. The molecule has 1 fully saturated rings. The minimum atomic E-state index is -0.182. The predicted octanol–water partition coefficient (Wildman–Crippen LogP) is 2.62. The van der Waals surface area contributed by atoms with E-state index in [1.165, 1.54) is 10.7 Å². The lowest BCUT2D eigenvalue weighted by Gasteiger charge is -2.32. The van der Waals surface area contributed by atoms with Crippen LogP contribution in [0.4, 0.5) is 5.82 Å². The highest BCUT2D eigenvalue weighted by Gasteiger charge is 2.25. The van der Waals surface area contributed by atoms with Gasteiger partial charge in [-0.3, -0.25) is 9.59 Å². The second kappa shape index (κ2) is 9.58. The van der Waals surface area contributed by atoms with Crippen molar-refractivity contribution in [3.8, 4) is 11.4 Å². The van der Waals surface area contributed by atoms with E-state index in [1.54, 1.807) is 25.3 Å². The van der Waals surface area contributed by atoms with Gasteiger partial charge in [-0.2, -0.15) is 4.68 Å². The fourth-order valence-electron chi connectivity index (χ4n) is 3.48. The Kier molecular flexibility index (Phi) is 6.90. The number of nitrogens with zero attached hydrogens (tertiary/aromatic N) is 3. The molecule has 7 heteroatoms. The third-order valence-electron chi connectivity index (χ3n) is 5.31. The largest absolute Gasteiger partial charge is 0.497 e. The van der Waals surface area contributed by atoms with Gasteiger partial charge in [0.25, 0.3) is 5.56 Å². The predicted molar refractivity (Wildman–Crippen MR) is 114 cm³/mol. The van der Waals surface area contributed by atoms with Crippen molar-refractivity contribution >= 4 is 11.7 Å². The lowest BCUT2D eigenvalue weighted by Crippen LogP contribution is -2.41. The molecule has 2 aromatic rings. The summed E-state index contributed by atoms with van der Waals surface area (Å²) in [7, 11) is 1.61. The van der Waals surface area contributed by atoms with Crippen LogP contribution in [-0.2, 0) is 4.79 Å². The molecule has 7 nitrogen and oxygen atoms in total. The van der Waals surface area contributed by atoms with Crippen LogP contribution >= 0.6 is 0 Å². The first-order valence-electron chi connectivity index (χ1n) is 10.3. The first-order chi connectivity index (χ1) is 14.0. The molecule has 1 amide bonds. The number of amides is 1. The molecular formula is C22H30N4O3. The molecule has 156 valence electrons. The fraction of sp³-hybridized carbons (Fsp3) is 0.500. The normalized spacial score (nSPS) is 14.8. The first kappa shape index (κ1) is 20.9. The Bertz CT molecular complexity index is 868. The molecule has 1 saturated heterocycles.